The van der Waals surface area contributed by atoms with Gasteiger partial charge in [0.25, 0.3) is 5.91 Å². The van der Waals surface area contributed by atoms with Crippen molar-refractivity contribution in [3.05, 3.63) is 24.3 Å². The third-order valence-electron chi connectivity index (χ3n) is 3.49. The first-order chi connectivity index (χ1) is 10.1. The van der Waals surface area contributed by atoms with Crippen molar-refractivity contribution < 1.29 is 9.53 Å². The molecule has 1 saturated heterocycles. The van der Waals surface area contributed by atoms with Crippen molar-refractivity contribution in [2.75, 3.05) is 44.4 Å². The van der Waals surface area contributed by atoms with Crippen molar-refractivity contribution in [3.63, 3.8) is 0 Å². The minimum Gasteiger partial charge on any atom is -0.385 e. The van der Waals surface area contributed by atoms with E-state index in [2.05, 4.69) is 29.6 Å². The van der Waals surface area contributed by atoms with Gasteiger partial charge in [-0.15, -0.1) is 0 Å². The van der Waals surface area contributed by atoms with Gasteiger partial charge in [0, 0.05) is 24.5 Å². The monoisotopic (exact) mass is 291 g/mol. The van der Waals surface area contributed by atoms with E-state index in [9.17, 15) is 4.79 Å². The van der Waals surface area contributed by atoms with Crippen LogP contribution in [-0.4, -0.2) is 50.7 Å². The van der Waals surface area contributed by atoms with Gasteiger partial charge in [-0.25, -0.2) is 0 Å². The second-order valence-corrected chi connectivity index (χ2v) is 5.65. The Kier molecular flexibility index (Phi) is 6.02. The van der Waals surface area contributed by atoms with E-state index in [0.29, 0.717) is 6.61 Å². The highest BCUT2D eigenvalue weighted by Crippen LogP contribution is 2.17. The minimum absolute atomic E-state index is 0.0424. The summed E-state index contributed by atoms with van der Waals surface area (Å²) in [6.07, 6.45) is 2.60. The standard InChI is InChI=1S/C16H25N3O2/c1-19(2)11-4-10-17-13-6-8-14(9-7-13)18-16(20)15-5-3-12-21-15/h6-9,15,17H,3-5,10-12H2,1-2H3,(H,18,20). The smallest absolute Gasteiger partial charge is 0.253 e. The lowest BCUT2D eigenvalue weighted by Crippen LogP contribution is -2.26. The van der Waals surface area contributed by atoms with Crippen LogP contribution in [0.2, 0.25) is 0 Å². The van der Waals surface area contributed by atoms with Crippen LogP contribution in [0.15, 0.2) is 24.3 Å². The lowest BCUT2D eigenvalue weighted by Gasteiger charge is -2.12. The Balaban J connectivity index is 1.74. The number of carbonyl (C=O) groups excluding carboxylic acids is 1. The highest BCUT2D eigenvalue weighted by Gasteiger charge is 2.23. The maximum Gasteiger partial charge on any atom is 0.253 e. The third kappa shape index (κ3) is 5.36. The summed E-state index contributed by atoms with van der Waals surface area (Å²) in [5.74, 6) is -0.0424. The number of rotatable bonds is 7. The normalized spacial score (nSPS) is 18.0. The lowest BCUT2D eigenvalue weighted by atomic mass is 10.2. The molecule has 1 amide bonds. The molecule has 2 N–H and O–H groups in total. The molecule has 1 aromatic rings. The molecule has 0 radical (unpaired) electrons. The first-order valence-corrected chi connectivity index (χ1v) is 7.56. The van der Waals surface area contributed by atoms with E-state index in [-0.39, 0.29) is 12.0 Å². The molecule has 0 bridgehead atoms. The Morgan fingerprint density at radius 1 is 1.29 bits per heavy atom. The van der Waals surface area contributed by atoms with Gasteiger partial charge in [0.05, 0.1) is 0 Å². The number of nitrogens with one attached hydrogen (secondary N) is 2. The molecule has 1 fully saturated rings. The highest BCUT2D eigenvalue weighted by molar-refractivity contribution is 5.94. The largest absolute Gasteiger partial charge is 0.385 e. The van der Waals surface area contributed by atoms with Crippen LogP contribution >= 0.6 is 0 Å². The second kappa shape index (κ2) is 8.00. The maximum atomic E-state index is 11.9. The lowest BCUT2D eigenvalue weighted by molar-refractivity contribution is -0.124. The second-order valence-electron chi connectivity index (χ2n) is 5.65. The summed E-state index contributed by atoms with van der Waals surface area (Å²) in [6.45, 7) is 2.70. The molecule has 1 unspecified atom stereocenters. The first kappa shape index (κ1) is 15.8. The summed E-state index contributed by atoms with van der Waals surface area (Å²) in [4.78, 5) is 14.1. The Hall–Kier alpha value is -1.59. The zero-order valence-corrected chi connectivity index (χ0v) is 12.9. The average molecular weight is 291 g/mol. The van der Waals surface area contributed by atoms with Crippen molar-refractivity contribution in [2.24, 2.45) is 0 Å². The average Bonchev–Trinajstić information content (AvgIpc) is 2.99. The van der Waals surface area contributed by atoms with Crippen LogP contribution < -0.4 is 10.6 Å². The van der Waals surface area contributed by atoms with Gasteiger partial charge in [0.1, 0.15) is 6.10 Å². The fourth-order valence-electron chi connectivity index (χ4n) is 2.31. The zero-order chi connectivity index (χ0) is 15.1. The van der Waals surface area contributed by atoms with Gasteiger partial charge in [0.2, 0.25) is 0 Å². The van der Waals surface area contributed by atoms with Crippen LogP contribution in [0.3, 0.4) is 0 Å². The van der Waals surface area contributed by atoms with Gasteiger partial charge in [-0.05, 0) is 64.2 Å². The molecular weight excluding hydrogens is 266 g/mol. The third-order valence-corrected chi connectivity index (χ3v) is 3.49. The van der Waals surface area contributed by atoms with Crippen LogP contribution in [-0.2, 0) is 9.53 Å². The molecule has 1 heterocycles. The quantitative estimate of drug-likeness (QED) is 0.756. The fourth-order valence-corrected chi connectivity index (χ4v) is 2.31. The Morgan fingerprint density at radius 2 is 2.00 bits per heavy atom. The van der Waals surface area contributed by atoms with Crippen molar-refractivity contribution in [3.8, 4) is 0 Å². The minimum atomic E-state index is -0.283. The van der Waals surface area contributed by atoms with E-state index in [1.54, 1.807) is 0 Å². The number of nitrogens with zero attached hydrogens (tertiary/aromatic N) is 1. The van der Waals surface area contributed by atoms with Crippen molar-refractivity contribution >= 4 is 17.3 Å². The number of hydrogen-bond donors (Lipinski definition) is 2. The highest BCUT2D eigenvalue weighted by atomic mass is 16.5. The van der Waals surface area contributed by atoms with Crippen LogP contribution in [0, 0.1) is 0 Å². The van der Waals surface area contributed by atoms with E-state index < -0.39 is 0 Å². The van der Waals surface area contributed by atoms with Crippen LogP contribution in [0.4, 0.5) is 11.4 Å². The molecule has 116 valence electrons. The predicted octanol–water partition coefficient (Wildman–Crippen LogP) is 2.17. The number of benzene rings is 1. The molecule has 0 spiro atoms. The van der Waals surface area contributed by atoms with Crippen molar-refractivity contribution in [1.82, 2.24) is 4.90 Å². The number of carbonyl (C=O) groups is 1. The maximum absolute atomic E-state index is 11.9. The molecule has 0 aliphatic carbocycles. The van der Waals surface area contributed by atoms with E-state index in [4.69, 9.17) is 4.74 Å². The van der Waals surface area contributed by atoms with Crippen molar-refractivity contribution in [1.29, 1.82) is 0 Å². The zero-order valence-electron chi connectivity index (χ0n) is 12.9. The Bertz CT molecular complexity index is 439. The summed E-state index contributed by atoms with van der Waals surface area (Å²) in [7, 11) is 4.15. The van der Waals surface area contributed by atoms with Gasteiger partial charge in [-0.2, -0.15) is 0 Å². The molecule has 5 heteroatoms. The molecule has 21 heavy (non-hydrogen) atoms. The number of amides is 1. The fraction of sp³-hybridized carbons (Fsp3) is 0.562. The molecule has 1 aliphatic heterocycles. The van der Waals surface area contributed by atoms with Gasteiger partial charge < -0.3 is 20.3 Å². The van der Waals surface area contributed by atoms with Gasteiger partial charge >= 0.3 is 0 Å². The van der Waals surface area contributed by atoms with E-state index in [0.717, 1.165) is 43.7 Å². The van der Waals surface area contributed by atoms with E-state index in [1.807, 2.05) is 24.3 Å². The van der Waals surface area contributed by atoms with E-state index in [1.165, 1.54) is 0 Å². The molecule has 1 atom stereocenters. The van der Waals surface area contributed by atoms with Crippen LogP contribution in [0.5, 0.6) is 0 Å². The molecule has 0 saturated carbocycles. The molecule has 1 aromatic carbocycles. The summed E-state index contributed by atoms with van der Waals surface area (Å²) in [5, 5.41) is 6.27. The predicted molar refractivity (Wildman–Crippen MR) is 85.7 cm³/mol. The van der Waals surface area contributed by atoms with Gasteiger partial charge in [0.15, 0.2) is 0 Å². The Morgan fingerprint density at radius 3 is 2.62 bits per heavy atom. The SMILES string of the molecule is CN(C)CCCNc1ccc(NC(=O)C2CCCO2)cc1. The molecular formula is C16H25N3O2. The topological polar surface area (TPSA) is 53.6 Å². The summed E-state index contributed by atoms with van der Waals surface area (Å²) in [6, 6.07) is 7.81. The summed E-state index contributed by atoms with van der Waals surface area (Å²) < 4.78 is 5.37. The molecule has 0 aromatic heterocycles. The first-order valence-electron chi connectivity index (χ1n) is 7.56. The molecule has 2 rings (SSSR count). The number of anilines is 2. The number of ether oxygens (including phenoxy) is 1. The van der Waals surface area contributed by atoms with Gasteiger partial charge in [-0.1, -0.05) is 0 Å². The molecule has 5 nitrogen and oxygen atoms in total. The number of hydrogen-bond acceptors (Lipinski definition) is 4. The van der Waals surface area contributed by atoms with Crippen molar-refractivity contribution in [2.45, 2.75) is 25.4 Å². The molecule has 1 aliphatic rings. The summed E-state index contributed by atoms with van der Waals surface area (Å²) >= 11 is 0. The van der Waals surface area contributed by atoms with Gasteiger partial charge in [-0.3, -0.25) is 4.79 Å². The Labute approximate surface area is 126 Å². The van der Waals surface area contributed by atoms with Crippen LogP contribution in [0.25, 0.3) is 0 Å². The van der Waals surface area contributed by atoms with E-state index >= 15 is 0 Å². The van der Waals surface area contributed by atoms with Crippen LogP contribution in [0.1, 0.15) is 19.3 Å². The summed E-state index contributed by atoms with van der Waals surface area (Å²) in [5.41, 5.74) is 1.89.